The third-order valence-corrected chi connectivity index (χ3v) is 2.50. The Morgan fingerprint density at radius 2 is 2.36 bits per heavy atom. The molecule has 78 valence electrons. The van der Waals surface area contributed by atoms with Crippen LogP contribution in [-0.2, 0) is 0 Å². The number of Topliss-reactive ketones (excluding diaryl/α,β-unsaturated/α-hetero) is 1. The molecular formula is C11H18N2O. The SMILES string of the molecule is CCCCC(CC)C(=O)c1ncc[nH]1. The minimum Gasteiger partial charge on any atom is -0.342 e. The number of hydrogen-bond acceptors (Lipinski definition) is 2. The summed E-state index contributed by atoms with van der Waals surface area (Å²) in [5.41, 5.74) is 0. The first kappa shape index (κ1) is 11.0. The van der Waals surface area contributed by atoms with Crippen molar-refractivity contribution in [3.05, 3.63) is 18.2 Å². The fourth-order valence-electron chi connectivity index (χ4n) is 1.56. The lowest BCUT2D eigenvalue weighted by molar-refractivity contribution is 0.0898. The third kappa shape index (κ3) is 2.69. The first-order valence-electron chi connectivity index (χ1n) is 5.33. The molecule has 0 bridgehead atoms. The number of carbonyl (C=O) groups excluding carboxylic acids is 1. The van der Waals surface area contributed by atoms with Gasteiger partial charge in [0.1, 0.15) is 0 Å². The summed E-state index contributed by atoms with van der Waals surface area (Å²) in [5, 5.41) is 0. The maximum atomic E-state index is 11.8. The van der Waals surface area contributed by atoms with Crippen LogP contribution in [0.4, 0.5) is 0 Å². The molecule has 1 N–H and O–H groups in total. The molecular weight excluding hydrogens is 176 g/mol. The van der Waals surface area contributed by atoms with Crippen LogP contribution < -0.4 is 0 Å². The van der Waals surface area contributed by atoms with E-state index in [9.17, 15) is 4.79 Å². The topological polar surface area (TPSA) is 45.8 Å². The number of ketones is 1. The van der Waals surface area contributed by atoms with Gasteiger partial charge in [-0.2, -0.15) is 0 Å². The minimum absolute atomic E-state index is 0.140. The highest BCUT2D eigenvalue weighted by Crippen LogP contribution is 2.16. The molecule has 0 aliphatic rings. The van der Waals surface area contributed by atoms with Gasteiger partial charge in [0.2, 0.25) is 5.78 Å². The van der Waals surface area contributed by atoms with Crippen molar-refractivity contribution in [1.82, 2.24) is 9.97 Å². The Hall–Kier alpha value is -1.12. The Balaban J connectivity index is 2.56. The molecule has 0 saturated heterocycles. The average molecular weight is 194 g/mol. The Morgan fingerprint density at radius 1 is 1.57 bits per heavy atom. The number of nitrogens with one attached hydrogen (secondary N) is 1. The molecule has 1 aromatic heterocycles. The molecule has 0 aliphatic heterocycles. The van der Waals surface area contributed by atoms with E-state index in [1.165, 1.54) is 0 Å². The fraction of sp³-hybridized carbons (Fsp3) is 0.636. The van der Waals surface area contributed by atoms with Gasteiger partial charge < -0.3 is 4.98 Å². The van der Waals surface area contributed by atoms with E-state index in [2.05, 4.69) is 23.8 Å². The fourth-order valence-corrected chi connectivity index (χ4v) is 1.56. The Labute approximate surface area is 84.9 Å². The van der Waals surface area contributed by atoms with Crippen LogP contribution in [0.3, 0.4) is 0 Å². The number of unbranched alkanes of at least 4 members (excludes halogenated alkanes) is 1. The van der Waals surface area contributed by atoms with Crippen molar-refractivity contribution in [2.24, 2.45) is 5.92 Å². The monoisotopic (exact) mass is 194 g/mol. The number of aromatic nitrogens is 2. The Kier molecular flexibility index (Phi) is 4.36. The van der Waals surface area contributed by atoms with Crippen molar-refractivity contribution < 1.29 is 4.79 Å². The van der Waals surface area contributed by atoms with Crippen molar-refractivity contribution in [3.63, 3.8) is 0 Å². The molecule has 1 heterocycles. The largest absolute Gasteiger partial charge is 0.342 e. The van der Waals surface area contributed by atoms with Gasteiger partial charge in [0.15, 0.2) is 5.82 Å². The second kappa shape index (κ2) is 5.58. The predicted octanol–water partition coefficient (Wildman–Crippen LogP) is 2.81. The lowest BCUT2D eigenvalue weighted by Crippen LogP contribution is -2.15. The molecule has 1 aromatic rings. The van der Waals surface area contributed by atoms with Crippen LogP contribution in [-0.4, -0.2) is 15.8 Å². The van der Waals surface area contributed by atoms with Gasteiger partial charge in [0.25, 0.3) is 0 Å². The number of carbonyl (C=O) groups is 1. The van der Waals surface area contributed by atoms with Gasteiger partial charge in [-0.25, -0.2) is 4.98 Å². The van der Waals surface area contributed by atoms with Crippen LogP contribution in [0.25, 0.3) is 0 Å². The van der Waals surface area contributed by atoms with Crippen LogP contribution in [0.5, 0.6) is 0 Å². The number of rotatable bonds is 6. The molecule has 0 aromatic carbocycles. The van der Waals surface area contributed by atoms with Crippen molar-refractivity contribution in [2.75, 3.05) is 0 Å². The lowest BCUT2D eigenvalue weighted by Gasteiger charge is -2.10. The van der Waals surface area contributed by atoms with Gasteiger partial charge in [-0.1, -0.05) is 26.7 Å². The Bertz CT molecular complexity index is 267. The summed E-state index contributed by atoms with van der Waals surface area (Å²) in [7, 11) is 0. The molecule has 14 heavy (non-hydrogen) atoms. The predicted molar refractivity (Wildman–Crippen MR) is 56.2 cm³/mol. The molecule has 0 aliphatic carbocycles. The molecule has 0 radical (unpaired) electrons. The average Bonchev–Trinajstić information content (AvgIpc) is 2.71. The van der Waals surface area contributed by atoms with E-state index in [1.807, 2.05) is 0 Å². The molecule has 3 heteroatoms. The second-order valence-corrected chi connectivity index (χ2v) is 3.55. The first-order chi connectivity index (χ1) is 6.79. The number of nitrogens with zero attached hydrogens (tertiary/aromatic N) is 1. The number of aromatic amines is 1. The summed E-state index contributed by atoms with van der Waals surface area (Å²) in [6, 6.07) is 0. The van der Waals surface area contributed by atoms with E-state index < -0.39 is 0 Å². The van der Waals surface area contributed by atoms with Crippen molar-refractivity contribution in [1.29, 1.82) is 0 Å². The van der Waals surface area contributed by atoms with E-state index in [0.29, 0.717) is 5.82 Å². The summed E-state index contributed by atoms with van der Waals surface area (Å²) < 4.78 is 0. The summed E-state index contributed by atoms with van der Waals surface area (Å²) in [5.74, 6) is 0.806. The lowest BCUT2D eigenvalue weighted by atomic mass is 9.94. The van der Waals surface area contributed by atoms with Gasteiger partial charge in [0.05, 0.1) is 0 Å². The molecule has 1 atom stereocenters. The van der Waals surface area contributed by atoms with Crippen molar-refractivity contribution in [3.8, 4) is 0 Å². The van der Waals surface area contributed by atoms with Crippen molar-refractivity contribution >= 4 is 5.78 Å². The van der Waals surface area contributed by atoms with Gasteiger partial charge >= 0.3 is 0 Å². The van der Waals surface area contributed by atoms with Crippen LogP contribution in [0.2, 0.25) is 0 Å². The minimum atomic E-state index is 0.140. The second-order valence-electron chi connectivity index (χ2n) is 3.55. The van der Waals surface area contributed by atoms with Gasteiger partial charge in [-0.05, 0) is 12.8 Å². The normalized spacial score (nSPS) is 12.7. The standard InChI is InChI=1S/C11H18N2O/c1-3-5-6-9(4-2)10(14)11-12-7-8-13-11/h7-9H,3-6H2,1-2H3,(H,12,13). The van der Waals surface area contributed by atoms with E-state index in [0.717, 1.165) is 25.7 Å². The number of imidazole rings is 1. The zero-order chi connectivity index (χ0) is 10.4. The zero-order valence-corrected chi connectivity index (χ0v) is 8.92. The summed E-state index contributed by atoms with van der Waals surface area (Å²) in [6.45, 7) is 4.20. The highest BCUT2D eigenvalue weighted by atomic mass is 16.1. The molecule has 0 saturated carbocycles. The quantitative estimate of drug-likeness (QED) is 0.708. The molecule has 0 amide bonds. The van der Waals surface area contributed by atoms with Crippen molar-refractivity contribution in [2.45, 2.75) is 39.5 Å². The Morgan fingerprint density at radius 3 is 2.86 bits per heavy atom. The number of H-pyrrole nitrogens is 1. The van der Waals surface area contributed by atoms with Crippen LogP contribution >= 0.6 is 0 Å². The van der Waals surface area contributed by atoms with Gasteiger partial charge in [-0.15, -0.1) is 0 Å². The van der Waals surface area contributed by atoms with E-state index in [4.69, 9.17) is 0 Å². The maximum absolute atomic E-state index is 11.8. The van der Waals surface area contributed by atoms with Gasteiger partial charge in [0, 0.05) is 18.3 Å². The molecule has 0 spiro atoms. The van der Waals surface area contributed by atoms with E-state index in [-0.39, 0.29) is 11.7 Å². The van der Waals surface area contributed by atoms with Crippen LogP contribution in [0.15, 0.2) is 12.4 Å². The van der Waals surface area contributed by atoms with Crippen LogP contribution in [0, 0.1) is 5.92 Å². The molecule has 1 unspecified atom stereocenters. The maximum Gasteiger partial charge on any atom is 0.201 e. The summed E-state index contributed by atoms with van der Waals surface area (Å²) in [4.78, 5) is 18.7. The van der Waals surface area contributed by atoms with E-state index >= 15 is 0 Å². The third-order valence-electron chi connectivity index (χ3n) is 2.50. The van der Waals surface area contributed by atoms with Crippen LogP contribution in [0.1, 0.15) is 50.1 Å². The highest BCUT2D eigenvalue weighted by Gasteiger charge is 2.19. The number of hydrogen-bond donors (Lipinski definition) is 1. The highest BCUT2D eigenvalue weighted by molar-refractivity contribution is 5.94. The molecule has 3 nitrogen and oxygen atoms in total. The molecule has 0 fully saturated rings. The van der Waals surface area contributed by atoms with E-state index in [1.54, 1.807) is 12.4 Å². The van der Waals surface area contributed by atoms with Gasteiger partial charge in [-0.3, -0.25) is 4.79 Å². The summed E-state index contributed by atoms with van der Waals surface area (Å²) >= 11 is 0. The summed E-state index contributed by atoms with van der Waals surface area (Å²) in [6.07, 6.45) is 7.46. The smallest absolute Gasteiger partial charge is 0.201 e. The first-order valence-corrected chi connectivity index (χ1v) is 5.33. The molecule has 1 rings (SSSR count). The zero-order valence-electron chi connectivity index (χ0n) is 8.92.